The van der Waals surface area contributed by atoms with Crippen LogP contribution in [0.25, 0.3) is 0 Å². The molecule has 1 rings (SSSR count). The van der Waals surface area contributed by atoms with E-state index in [-0.39, 0.29) is 12.5 Å². The number of hydrogen-bond acceptors (Lipinski definition) is 8. The standard InChI is InChI=1S/C65H125NO8/c1-3-5-7-9-11-13-15-17-18-19-20-21-22-23-24-25-26-27-28-29-30-31-32-33-34-35-36-37-38-39-40-41-42-43-45-47-49-51-53-55-61(69)66-58(57-73-65-64(72)63(71)62(70)60(56-67)74-65)59(68)54-52-50-48-46-44-16-14-12-10-8-6-4-2/h26-27,29-30,58-60,62-65,67-68,70-72H,3-25,28,31-57H2,1-2H3,(H,66,69)/b27-26-,30-29-. The summed E-state index contributed by atoms with van der Waals surface area (Å²) in [5, 5.41) is 54.6. The summed E-state index contributed by atoms with van der Waals surface area (Å²) in [6.07, 6.45) is 64.0. The quantitative estimate of drug-likeness (QED) is 0.0261. The van der Waals surface area contributed by atoms with Crippen LogP contribution in [0, 0.1) is 0 Å². The largest absolute Gasteiger partial charge is 0.394 e. The number of allylic oxidation sites excluding steroid dienone is 4. The van der Waals surface area contributed by atoms with Gasteiger partial charge in [0.2, 0.25) is 5.91 Å². The van der Waals surface area contributed by atoms with Crippen molar-refractivity contribution in [3.8, 4) is 0 Å². The first-order chi connectivity index (χ1) is 36.3. The van der Waals surface area contributed by atoms with E-state index in [4.69, 9.17) is 9.47 Å². The van der Waals surface area contributed by atoms with E-state index in [1.165, 1.54) is 257 Å². The molecular formula is C65H125NO8. The highest BCUT2D eigenvalue weighted by Gasteiger charge is 2.44. The normalized spacial score (nSPS) is 19.0. The molecular weight excluding hydrogens is 923 g/mol. The molecule has 6 N–H and O–H groups in total. The van der Waals surface area contributed by atoms with E-state index in [1.807, 2.05) is 0 Å². The lowest BCUT2D eigenvalue weighted by molar-refractivity contribution is -0.302. The van der Waals surface area contributed by atoms with E-state index < -0.39 is 49.5 Å². The monoisotopic (exact) mass is 1050 g/mol. The Kier molecular flexibility index (Phi) is 52.5. The molecule has 0 spiro atoms. The van der Waals surface area contributed by atoms with Crippen LogP contribution in [0.15, 0.2) is 24.3 Å². The van der Waals surface area contributed by atoms with Crippen molar-refractivity contribution >= 4 is 5.91 Å². The second-order valence-corrected chi connectivity index (χ2v) is 22.9. The molecule has 0 aromatic rings. The summed E-state index contributed by atoms with van der Waals surface area (Å²) in [6, 6.07) is -0.716. The van der Waals surface area contributed by atoms with Gasteiger partial charge in [-0.2, -0.15) is 0 Å². The minimum atomic E-state index is -1.55. The highest BCUT2D eigenvalue weighted by Crippen LogP contribution is 2.24. The fourth-order valence-electron chi connectivity index (χ4n) is 10.7. The molecule has 0 aromatic heterocycles. The first kappa shape index (κ1) is 70.7. The summed E-state index contributed by atoms with van der Waals surface area (Å²) < 4.78 is 11.3. The van der Waals surface area contributed by atoms with E-state index >= 15 is 0 Å². The van der Waals surface area contributed by atoms with Gasteiger partial charge in [-0.1, -0.05) is 301 Å². The Morgan fingerprint density at radius 3 is 1.16 bits per heavy atom. The molecule has 74 heavy (non-hydrogen) atoms. The van der Waals surface area contributed by atoms with E-state index in [9.17, 15) is 30.3 Å². The van der Waals surface area contributed by atoms with Crippen LogP contribution in [-0.2, 0) is 14.3 Å². The van der Waals surface area contributed by atoms with Crippen LogP contribution >= 0.6 is 0 Å². The molecule has 0 radical (unpaired) electrons. The number of unbranched alkanes of at least 4 members (excludes halogenated alkanes) is 43. The van der Waals surface area contributed by atoms with Crippen LogP contribution < -0.4 is 5.32 Å². The van der Waals surface area contributed by atoms with E-state index in [0.717, 1.165) is 44.9 Å². The van der Waals surface area contributed by atoms with E-state index in [1.54, 1.807) is 0 Å². The van der Waals surface area contributed by atoms with Gasteiger partial charge in [0.05, 0.1) is 25.4 Å². The Bertz CT molecular complexity index is 1210. The Labute approximate surface area is 458 Å². The van der Waals surface area contributed by atoms with Crippen molar-refractivity contribution in [2.75, 3.05) is 13.2 Å². The molecule has 0 bridgehead atoms. The zero-order chi connectivity index (χ0) is 53.6. The molecule has 0 aromatic carbocycles. The number of amides is 1. The van der Waals surface area contributed by atoms with Crippen LogP contribution in [0.4, 0.5) is 0 Å². The Balaban J connectivity index is 2.01. The number of rotatable bonds is 57. The third kappa shape index (κ3) is 43.6. The van der Waals surface area contributed by atoms with Crippen molar-refractivity contribution in [2.24, 2.45) is 0 Å². The van der Waals surface area contributed by atoms with Crippen LogP contribution in [0.5, 0.6) is 0 Å². The van der Waals surface area contributed by atoms with Gasteiger partial charge in [0.1, 0.15) is 24.4 Å². The summed E-state index contributed by atoms with van der Waals surface area (Å²) in [5.41, 5.74) is 0. The topological polar surface area (TPSA) is 149 Å². The highest BCUT2D eigenvalue weighted by atomic mass is 16.7. The van der Waals surface area contributed by atoms with Gasteiger partial charge < -0.3 is 40.3 Å². The number of carbonyl (C=O) groups is 1. The summed E-state index contributed by atoms with van der Waals surface area (Å²) in [6.45, 7) is 3.86. The zero-order valence-corrected chi connectivity index (χ0v) is 48.9. The predicted octanol–water partition coefficient (Wildman–Crippen LogP) is 16.9. The maximum Gasteiger partial charge on any atom is 0.220 e. The SMILES string of the molecule is CCCCCCCCCCCCCCCCC/C=C\C/C=C\CCCCCCCCCCCCCCCCCCCC(=O)NC(COC1OC(CO)C(O)C(O)C1O)C(O)CCCCCCCCCCCCCC. The summed E-state index contributed by atoms with van der Waals surface area (Å²) in [4.78, 5) is 13.1. The average molecular weight is 1050 g/mol. The molecule has 0 aliphatic carbocycles. The molecule has 1 fully saturated rings. The lowest BCUT2D eigenvalue weighted by Crippen LogP contribution is -2.60. The van der Waals surface area contributed by atoms with Crippen LogP contribution in [0.1, 0.15) is 328 Å². The van der Waals surface area contributed by atoms with Crippen LogP contribution in [0.2, 0.25) is 0 Å². The molecule has 9 heteroatoms. The lowest BCUT2D eigenvalue weighted by Gasteiger charge is -2.40. The van der Waals surface area contributed by atoms with Crippen molar-refractivity contribution in [1.29, 1.82) is 0 Å². The van der Waals surface area contributed by atoms with Crippen molar-refractivity contribution < 1.29 is 39.8 Å². The number of aliphatic hydroxyl groups is 5. The molecule has 7 atom stereocenters. The third-order valence-corrected chi connectivity index (χ3v) is 15.8. The Hall–Kier alpha value is -1.33. The molecule has 1 aliphatic heterocycles. The van der Waals surface area contributed by atoms with Crippen molar-refractivity contribution in [3.63, 3.8) is 0 Å². The van der Waals surface area contributed by atoms with Gasteiger partial charge in [-0.3, -0.25) is 4.79 Å². The summed E-state index contributed by atoms with van der Waals surface area (Å²) >= 11 is 0. The number of aliphatic hydroxyl groups excluding tert-OH is 5. The highest BCUT2D eigenvalue weighted by molar-refractivity contribution is 5.76. The number of carbonyl (C=O) groups excluding carboxylic acids is 1. The lowest BCUT2D eigenvalue weighted by atomic mass is 9.99. The van der Waals surface area contributed by atoms with Gasteiger partial charge in [-0.25, -0.2) is 0 Å². The zero-order valence-electron chi connectivity index (χ0n) is 48.9. The van der Waals surface area contributed by atoms with Gasteiger partial charge in [-0.05, 0) is 44.9 Å². The second-order valence-electron chi connectivity index (χ2n) is 22.9. The fourth-order valence-corrected chi connectivity index (χ4v) is 10.7. The maximum absolute atomic E-state index is 13.1. The average Bonchev–Trinajstić information content (AvgIpc) is 3.40. The van der Waals surface area contributed by atoms with Gasteiger partial charge in [0.15, 0.2) is 6.29 Å². The Morgan fingerprint density at radius 1 is 0.459 bits per heavy atom. The molecule has 1 saturated heterocycles. The Morgan fingerprint density at radius 2 is 0.797 bits per heavy atom. The van der Waals surface area contributed by atoms with Crippen molar-refractivity contribution in [1.82, 2.24) is 5.32 Å². The van der Waals surface area contributed by atoms with Gasteiger partial charge in [-0.15, -0.1) is 0 Å². The van der Waals surface area contributed by atoms with Crippen LogP contribution in [0.3, 0.4) is 0 Å². The molecule has 438 valence electrons. The molecule has 0 saturated carbocycles. The third-order valence-electron chi connectivity index (χ3n) is 15.8. The van der Waals surface area contributed by atoms with Gasteiger partial charge >= 0.3 is 0 Å². The molecule has 1 aliphatic rings. The van der Waals surface area contributed by atoms with E-state index in [2.05, 4.69) is 43.5 Å². The first-order valence-electron chi connectivity index (χ1n) is 32.5. The summed E-state index contributed by atoms with van der Waals surface area (Å²) in [7, 11) is 0. The fraction of sp³-hybridized carbons (Fsp3) is 0.923. The second kappa shape index (κ2) is 55.0. The van der Waals surface area contributed by atoms with Gasteiger partial charge in [0.25, 0.3) is 0 Å². The molecule has 9 nitrogen and oxygen atoms in total. The number of nitrogens with one attached hydrogen (secondary N) is 1. The molecule has 7 unspecified atom stereocenters. The molecule has 1 amide bonds. The minimum Gasteiger partial charge on any atom is -0.394 e. The minimum absolute atomic E-state index is 0.134. The number of ether oxygens (including phenoxy) is 2. The first-order valence-corrected chi connectivity index (χ1v) is 32.5. The number of hydrogen-bond donors (Lipinski definition) is 6. The van der Waals surface area contributed by atoms with Gasteiger partial charge in [0, 0.05) is 6.42 Å². The van der Waals surface area contributed by atoms with Crippen molar-refractivity contribution in [2.45, 2.75) is 371 Å². The van der Waals surface area contributed by atoms with Crippen LogP contribution in [-0.4, -0.2) is 87.5 Å². The van der Waals surface area contributed by atoms with Crippen molar-refractivity contribution in [3.05, 3.63) is 24.3 Å². The predicted molar refractivity (Wildman–Crippen MR) is 314 cm³/mol. The van der Waals surface area contributed by atoms with E-state index in [0.29, 0.717) is 12.8 Å². The smallest absolute Gasteiger partial charge is 0.220 e. The summed E-state index contributed by atoms with van der Waals surface area (Å²) in [5.74, 6) is -0.140. The molecule has 1 heterocycles. The maximum atomic E-state index is 13.1.